The maximum absolute atomic E-state index is 5.86. The number of hydrogen-bond acceptors (Lipinski definition) is 1. The van der Waals surface area contributed by atoms with Crippen LogP contribution in [-0.4, -0.2) is 6.04 Å². The zero-order chi connectivity index (χ0) is 10.8. The van der Waals surface area contributed by atoms with Gasteiger partial charge >= 0.3 is 0 Å². The van der Waals surface area contributed by atoms with Crippen LogP contribution in [0.4, 0.5) is 0 Å². The molecule has 2 rings (SSSR count). The Morgan fingerprint density at radius 2 is 1.80 bits per heavy atom. The number of halogens is 1. The normalized spacial score (nSPS) is 19.9. The largest absolute Gasteiger partial charge is 0.307 e. The second kappa shape index (κ2) is 4.54. The lowest BCUT2D eigenvalue weighted by Crippen LogP contribution is -2.30. The van der Waals surface area contributed by atoms with Crippen molar-refractivity contribution in [1.82, 2.24) is 5.32 Å². The molecule has 0 saturated heterocycles. The molecule has 2 atom stereocenters. The Labute approximate surface area is 96.8 Å². The van der Waals surface area contributed by atoms with Crippen LogP contribution in [-0.2, 0) is 0 Å². The molecule has 1 N–H and O–H groups in total. The fraction of sp³-hybridized carbons (Fsp3) is 0.538. The van der Waals surface area contributed by atoms with Crippen molar-refractivity contribution in [1.29, 1.82) is 0 Å². The van der Waals surface area contributed by atoms with Gasteiger partial charge in [-0.05, 0) is 50.3 Å². The molecule has 1 aromatic rings. The van der Waals surface area contributed by atoms with Gasteiger partial charge in [0.1, 0.15) is 0 Å². The summed E-state index contributed by atoms with van der Waals surface area (Å²) in [4.78, 5) is 0. The van der Waals surface area contributed by atoms with Gasteiger partial charge in [-0.1, -0.05) is 23.7 Å². The third kappa shape index (κ3) is 2.96. The predicted octanol–water partition coefficient (Wildman–Crippen LogP) is 3.79. The van der Waals surface area contributed by atoms with E-state index in [4.69, 9.17) is 11.6 Å². The van der Waals surface area contributed by atoms with Crippen molar-refractivity contribution in [3.8, 4) is 0 Å². The summed E-state index contributed by atoms with van der Waals surface area (Å²) in [5.74, 6) is 0.903. The molecule has 15 heavy (non-hydrogen) atoms. The molecule has 1 aliphatic carbocycles. The van der Waals surface area contributed by atoms with E-state index in [1.807, 2.05) is 12.1 Å². The monoisotopic (exact) mass is 223 g/mol. The third-order valence-corrected chi connectivity index (χ3v) is 3.46. The Morgan fingerprint density at radius 1 is 1.20 bits per heavy atom. The lowest BCUT2D eigenvalue weighted by atomic mass is 10.1. The highest BCUT2D eigenvalue weighted by molar-refractivity contribution is 6.30. The zero-order valence-corrected chi connectivity index (χ0v) is 10.1. The zero-order valence-electron chi connectivity index (χ0n) is 9.33. The van der Waals surface area contributed by atoms with Crippen LogP contribution in [0.5, 0.6) is 0 Å². The van der Waals surface area contributed by atoms with E-state index in [-0.39, 0.29) is 0 Å². The van der Waals surface area contributed by atoms with Crippen LogP contribution in [0.1, 0.15) is 38.3 Å². The van der Waals surface area contributed by atoms with Gasteiger partial charge in [-0.25, -0.2) is 0 Å². The minimum Gasteiger partial charge on any atom is -0.307 e. The van der Waals surface area contributed by atoms with Gasteiger partial charge in [0.05, 0.1) is 0 Å². The van der Waals surface area contributed by atoms with Crippen molar-refractivity contribution in [3.05, 3.63) is 34.9 Å². The highest BCUT2D eigenvalue weighted by atomic mass is 35.5. The summed E-state index contributed by atoms with van der Waals surface area (Å²) in [6.07, 6.45) is 2.78. The minimum absolute atomic E-state index is 0.415. The van der Waals surface area contributed by atoms with Crippen LogP contribution in [0.25, 0.3) is 0 Å². The average Bonchev–Trinajstić information content (AvgIpc) is 3.01. The first-order chi connectivity index (χ1) is 7.16. The Balaban J connectivity index is 1.94. The van der Waals surface area contributed by atoms with Gasteiger partial charge in [0.25, 0.3) is 0 Å². The van der Waals surface area contributed by atoms with Crippen LogP contribution in [0.3, 0.4) is 0 Å². The van der Waals surface area contributed by atoms with E-state index in [9.17, 15) is 0 Å². The second-order valence-corrected chi connectivity index (χ2v) is 5.00. The molecule has 1 aliphatic rings. The Hall–Kier alpha value is -0.530. The van der Waals surface area contributed by atoms with E-state index in [0.29, 0.717) is 12.1 Å². The third-order valence-electron chi connectivity index (χ3n) is 3.21. The molecule has 1 nitrogen and oxygen atoms in total. The van der Waals surface area contributed by atoms with Gasteiger partial charge in [0.15, 0.2) is 0 Å². The molecule has 0 heterocycles. The van der Waals surface area contributed by atoms with Gasteiger partial charge in [-0.15, -0.1) is 0 Å². The molecule has 1 saturated carbocycles. The summed E-state index contributed by atoms with van der Waals surface area (Å²) in [7, 11) is 0. The number of hydrogen-bond donors (Lipinski definition) is 1. The number of rotatable bonds is 4. The standard InChI is InChI=1S/C13H18ClN/c1-9(11-3-4-11)15-10(2)12-5-7-13(14)8-6-12/h5-11,15H,3-4H2,1-2H3/t9?,10-/m0/s1. The summed E-state index contributed by atoms with van der Waals surface area (Å²) in [5.41, 5.74) is 1.31. The molecule has 1 aromatic carbocycles. The minimum atomic E-state index is 0.415. The molecule has 82 valence electrons. The molecule has 2 heteroatoms. The molecule has 1 unspecified atom stereocenters. The Bertz CT molecular complexity index is 316. The van der Waals surface area contributed by atoms with E-state index < -0.39 is 0 Å². The molecule has 0 radical (unpaired) electrons. The first kappa shape index (κ1) is 11.0. The van der Waals surface area contributed by atoms with Crippen molar-refractivity contribution in [2.75, 3.05) is 0 Å². The van der Waals surface area contributed by atoms with Gasteiger partial charge in [0, 0.05) is 17.1 Å². The number of nitrogens with one attached hydrogen (secondary N) is 1. The predicted molar refractivity (Wildman–Crippen MR) is 65.2 cm³/mol. The van der Waals surface area contributed by atoms with Gasteiger partial charge in [-0.2, -0.15) is 0 Å². The van der Waals surface area contributed by atoms with E-state index in [2.05, 4.69) is 31.3 Å². The summed E-state index contributed by atoms with van der Waals surface area (Å²) < 4.78 is 0. The summed E-state index contributed by atoms with van der Waals surface area (Å²) >= 11 is 5.86. The molecule has 0 bridgehead atoms. The van der Waals surface area contributed by atoms with Crippen molar-refractivity contribution < 1.29 is 0 Å². The van der Waals surface area contributed by atoms with E-state index in [1.54, 1.807) is 0 Å². The van der Waals surface area contributed by atoms with Crippen molar-refractivity contribution in [3.63, 3.8) is 0 Å². The first-order valence-electron chi connectivity index (χ1n) is 5.68. The lowest BCUT2D eigenvalue weighted by Gasteiger charge is -2.20. The quantitative estimate of drug-likeness (QED) is 0.819. The Kier molecular flexibility index (Phi) is 3.32. The smallest absolute Gasteiger partial charge is 0.0406 e. The van der Waals surface area contributed by atoms with Gasteiger partial charge < -0.3 is 5.32 Å². The first-order valence-corrected chi connectivity index (χ1v) is 6.06. The molecule has 1 fully saturated rings. The fourth-order valence-electron chi connectivity index (χ4n) is 1.97. The van der Waals surface area contributed by atoms with Crippen LogP contribution in [0.2, 0.25) is 5.02 Å². The summed E-state index contributed by atoms with van der Waals surface area (Å²) in [5, 5.41) is 4.44. The lowest BCUT2D eigenvalue weighted by molar-refractivity contribution is 0.441. The van der Waals surface area contributed by atoms with Crippen LogP contribution in [0.15, 0.2) is 24.3 Å². The highest BCUT2D eigenvalue weighted by Crippen LogP contribution is 2.33. The molecular weight excluding hydrogens is 206 g/mol. The molecular formula is C13H18ClN. The Morgan fingerprint density at radius 3 is 2.33 bits per heavy atom. The fourth-order valence-corrected chi connectivity index (χ4v) is 2.10. The van der Waals surface area contributed by atoms with E-state index in [1.165, 1.54) is 18.4 Å². The van der Waals surface area contributed by atoms with Crippen molar-refractivity contribution >= 4 is 11.6 Å². The average molecular weight is 224 g/mol. The highest BCUT2D eigenvalue weighted by Gasteiger charge is 2.28. The van der Waals surface area contributed by atoms with Gasteiger partial charge in [-0.3, -0.25) is 0 Å². The van der Waals surface area contributed by atoms with Crippen LogP contribution >= 0.6 is 11.6 Å². The van der Waals surface area contributed by atoms with Crippen LogP contribution < -0.4 is 5.32 Å². The molecule has 0 amide bonds. The molecule has 0 spiro atoms. The maximum atomic E-state index is 5.86. The van der Waals surface area contributed by atoms with E-state index >= 15 is 0 Å². The van der Waals surface area contributed by atoms with Crippen molar-refractivity contribution in [2.45, 2.75) is 38.8 Å². The van der Waals surface area contributed by atoms with Gasteiger partial charge in [0.2, 0.25) is 0 Å². The summed E-state index contributed by atoms with van der Waals surface area (Å²) in [6.45, 7) is 4.49. The SMILES string of the molecule is CC(N[C@@H](C)c1ccc(Cl)cc1)C1CC1. The van der Waals surface area contributed by atoms with Crippen molar-refractivity contribution in [2.24, 2.45) is 5.92 Å². The topological polar surface area (TPSA) is 12.0 Å². The summed E-state index contributed by atoms with van der Waals surface area (Å²) in [6, 6.07) is 9.15. The molecule has 0 aromatic heterocycles. The van der Waals surface area contributed by atoms with Crippen LogP contribution in [0, 0.1) is 5.92 Å². The maximum Gasteiger partial charge on any atom is 0.0406 e. The molecule has 0 aliphatic heterocycles. The van der Waals surface area contributed by atoms with E-state index in [0.717, 1.165) is 10.9 Å². The second-order valence-electron chi connectivity index (χ2n) is 4.57. The number of benzene rings is 1.